The van der Waals surface area contributed by atoms with Crippen LogP contribution in [-0.2, 0) is 4.79 Å². The van der Waals surface area contributed by atoms with Crippen LogP contribution in [0.25, 0.3) is 0 Å². The van der Waals surface area contributed by atoms with Crippen LogP contribution in [0.15, 0.2) is 48.5 Å². The van der Waals surface area contributed by atoms with Crippen LogP contribution in [0.2, 0.25) is 0 Å². The van der Waals surface area contributed by atoms with Crippen molar-refractivity contribution in [2.75, 3.05) is 10.6 Å². The minimum Gasteiger partial charge on any atom is -0.366 e. The van der Waals surface area contributed by atoms with Gasteiger partial charge in [-0.3, -0.25) is 14.4 Å². The van der Waals surface area contributed by atoms with Gasteiger partial charge in [-0.1, -0.05) is 6.07 Å². The SMILES string of the molecule is CC(=O)Nc1ccc(NC(=O)c2cccc(C(N)=O)c2)cc1. The van der Waals surface area contributed by atoms with Crippen LogP contribution in [0.4, 0.5) is 11.4 Å². The van der Waals surface area contributed by atoms with Gasteiger partial charge < -0.3 is 16.4 Å². The van der Waals surface area contributed by atoms with E-state index in [-0.39, 0.29) is 17.4 Å². The normalized spacial score (nSPS) is 9.86. The minimum absolute atomic E-state index is 0.167. The van der Waals surface area contributed by atoms with E-state index in [1.54, 1.807) is 42.5 Å². The number of carbonyl (C=O) groups is 3. The van der Waals surface area contributed by atoms with Gasteiger partial charge in [0.25, 0.3) is 5.91 Å². The van der Waals surface area contributed by atoms with E-state index in [0.717, 1.165) is 0 Å². The fourth-order valence-corrected chi connectivity index (χ4v) is 1.86. The zero-order valence-electron chi connectivity index (χ0n) is 11.9. The number of carbonyl (C=O) groups excluding carboxylic acids is 3. The van der Waals surface area contributed by atoms with Crippen molar-refractivity contribution in [1.82, 2.24) is 0 Å². The minimum atomic E-state index is -0.589. The summed E-state index contributed by atoms with van der Waals surface area (Å²) in [6, 6.07) is 12.9. The molecule has 112 valence electrons. The molecule has 0 heterocycles. The van der Waals surface area contributed by atoms with Gasteiger partial charge in [0, 0.05) is 29.4 Å². The molecule has 6 heteroatoms. The lowest BCUT2D eigenvalue weighted by Gasteiger charge is -2.07. The smallest absolute Gasteiger partial charge is 0.255 e. The Morgan fingerprint density at radius 2 is 1.41 bits per heavy atom. The quantitative estimate of drug-likeness (QED) is 0.804. The van der Waals surface area contributed by atoms with Gasteiger partial charge >= 0.3 is 0 Å². The van der Waals surface area contributed by atoms with Crippen molar-refractivity contribution in [3.8, 4) is 0 Å². The van der Waals surface area contributed by atoms with Gasteiger partial charge in [-0.2, -0.15) is 0 Å². The third-order valence-corrected chi connectivity index (χ3v) is 2.87. The zero-order chi connectivity index (χ0) is 16.1. The fraction of sp³-hybridized carbons (Fsp3) is 0.0625. The van der Waals surface area contributed by atoms with Gasteiger partial charge in [0.15, 0.2) is 0 Å². The van der Waals surface area contributed by atoms with E-state index in [1.807, 2.05) is 0 Å². The molecule has 0 radical (unpaired) electrons. The summed E-state index contributed by atoms with van der Waals surface area (Å²) in [7, 11) is 0. The maximum Gasteiger partial charge on any atom is 0.255 e. The molecule has 2 aromatic rings. The maximum atomic E-state index is 12.1. The first-order valence-corrected chi connectivity index (χ1v) is 6.54. The third-order valence-electron chi connectivity index (χ3n) is 2.87. The van der Waals surface area contributed by atoms with E-state index in [9.17, 15) is 14.4 Å². The average molecular weight is 297 g/mol. The van der Waals surface area contributed by atoms with Crippen LogP contribution in [0.1, 0.15) is 27.6 Å². The lowest BCUT2D eigenvalue weighted by Crippen LogP contribution is -2.15. The first-order valence-electron chi connectivity index (χ1n) is 6.54. The summed E-state index contributed by atoms with van der Waals surface area (Å²) in [5.74, 6) is -1.11. The van der Waals surface area contributed by atoms with Crippen LogP contribution in [-0.4, -0.2) is 17.7 Å². The molecule has 0 aromatic heterocycles. The van der Waals surface area contributed by atoms with Gasteiger partial charge in [0.2, 0.25) is 11.8 Å². The molecule has 2 aromatic carbocycles. The highest BCUT2D eigenvalue weighted by molar-refractivity contribution is 6.06. The third kappa shape index (κ3) is 3.92. The second-order valence-electron chi connectivity index (χ2n) is 4.66. The van der Waals surface area contributed by atoms with Crippen LogP contribution < -0.4 is 16.4 Å². The number of nitrogens with two attached hydrogens (primary N) is 1. The number of primary amides is 1. The standard InChI is InChI=1S/C16H15N3O3/c1-10(20)18-13-5-7-14(8-6-13)19-16(22)12-4-2-3-11(9-12)15(17)21/h2-9H,1H3,(H2,17,21)(H,18,20)(H,19,22). The van der Waals surface area contributed by atoms with Crippen LogP contribution >= 0.6 is 0 Å². The predicted octanol–water partition coefficient (Wildman–Crippen LogP) is 2.00. The van der Waals surface area contributed by atoms with Crippen molar-refractivity contribution >= 4 is 29.1 Å². The van der Waals surface area contributed by atoms with Crippen LogP contribution in [0.3, 0.4) is 0 Å². The molecular weight excluding hydrogens is 282 g/mol. The van der Waals surface area contributed by atoms with Crippen molar-refractivity contribution in [1.29, 1.82) is 0 Å². The number of nitrogens with one attached hydrogen (secondary N) is 2. The molecule has 0 saturated carbocycles. The van der Waals surface area contributed by atoms with E-state index in [0.29, 0.717) is 16.9 Å². The Hall–Kier alpha value is -3.15. The lowest BCUT2D eigenvalue weighted by molar-refractivity contribution is -0.114. The van der Waals surface area contributed by atoms with Gasteiger partial charge in [0.05, 0.1) is 0 Å². The predicted molar refractivity (Wildman–Crippen MR) is 83.7 cm³/mol. The highest BCUT2D eigenvalue weighted by Gasteiger charge is 2.09. The molecule has 0 aliphatic heterocycles. The van der Waals surface area contributed by atoms with Crippen LogP contribution in [0.5, 0.6) is 0 Å². The highest BCUT2D eigenvalue weighted by Crippen LogP contribution is 2.15. The van der Waals surface area contributed by atoms with Crippen molar-refractivity contribution in [2.45, 2.75) is 6.92 Å². The molecule has 0 bridgehead atoms. The van der Waals surface area contributed by atoms with Gasteiger partial charge in [-0.15, -0.1) is 0 Å². The maximum absolute atomic E-state index is 12.1. The molecule has 0 unspecified atom stereocenters. The molecule has 6 nitrogen and oxygen atoms in total. The monoisotopic (exact) mass is 297 g/mol. The molecule has 4 N–H and O–H groups in total. The Labute approximate surface area is 127 Å². The number of rotatable bonds is 4. The number of hydrogen-bond donors (Lipinski definition) is 3. The summed E-state index contributed by atoms with van der Waals surface area (Å²) < 4.78 is 0. The summed E-state index contributed by atoms with van der Waals surface area (Å²) in [5.41, 5.74) is 7.01. The van der Waals surface area contributed by atoms with E-state index in [2.05, 4.69) is 10.6 Å². The topological polar surface area (TPSA) is 101 Å². The molecule has 0 fully saturated rings. The summed E-state index contributed by atoms with van der Waals surface area (Å²) in [5, 5.41) is 5.34. The van der Waals surface area contributed by atoms with Crippen molar-refractivity contribution in [3.63, 3.8) is 0 Å². The Bertz CT molecular complexity index is 724. The van der Waals surface area contributed by atoms with E-state index in [1.165, 1.54) is 13.0 Å². The summed E-state index contributed by atoms with van der Waals surface area (Å²) in [6.45, 7) is 1.42. The fourth-order valence-electron chi connectivity index (χ4n) is 1.86. The Balaban J connectivity index is 2.10. The second kappa shape index (κ2) is 6.53. The van der Waals surface area contributed by atoms with Gasteiger partial charge in [-0.25, -0.2) is 0 Å². The number of anilines is 2. The first kappa shape index (κ1) is 15.2. The highest BCUT2D eigenvalue weighted by atomic mass is 16.2. The molecular formula is C16H15N3O3. The number of amides is 3. The average Bonchev–Trinajstić information content (AvgIpc) is 2.49. The van der Waals surface area contributed by atoms with Crippen LogP contribution in [0, 0.1) is 0 Å². The molecule has 0 atom stereocenters. The number of hydrogen-bond acceptors (Lipinski definition) is 3. The lowest BCUT2D eigenvalue weighted by atomic mass is 10.1. The molecule has 0 aliphatic carbocycles. The summed E-state index contributed by atoms with van der Waals surface area (Å²) in [6.07, 6.45) is 0. The van der Waals surface area contributed by atoms with E-state index in [4.69, 9.17) is 5.73 Å². The molecule has 0 saturated heterocycles. The Morgan fingerprint density at radius 3 is 1.95 bits per heavy atom. The van der Waals surface area contributed by atoms with E-state index >= 15 is 0 Å². The molecule has 0 aliphatic rings. The van der Waals surface area contributed by atoms with E-state index < -0.39 is 5.91 Å². The van der Waals surface area contributed by atoms with Crippen molar-refractivity contribution in [2.24, 2.45) is 5.73 Å². The Kier molecular flexibility index (Phi) is 4.53. The largest absolute Gasteiger partial charge is 0.366 e. The first-order chi connectivity index (χ1) is 10.5. The summed E-state index contributed by atoms with van der Waals surface area (Å²) >= 11 is 0. The molecule has 2 rings (SSSR count). The van der Waals surface area contributed by atoms with Gasteiger partial charge in [0.1, 0.15) is 0 Å². The molecule has 22 heavy (non-hydrogen) atoms. The Morgan fingerprint density at radius 1 is 0.864 bits per heavy atom. The number of benzene rings is 2. The summed E-state index contributed by atoms with van der Waals surface area (Å²) in [4.78, 5) is 34.2. The van der Waals surface area contributed by atoms with Crippen molar-refractivity contribution in [3.05, 3.63) is 59.7 Å². The molecule has 0 spiro atoms. The second-order valence-corrected chi connectivity index (χ2v) is 4.66. The molecule has 3 amide bonds. The van der Waals surface area contributed by atoms with Gasteiger partial charge in [-0.05, 0) is 42.5 Å². The van der Waals surface area contributed by atoms with Crippen molar-refractivity contribution < 1.29 is 14.4 Å². The zero-order valence-corrected chi connectivity index (χ0v) is 11.9.